The molecule has 164 valence electrons. The SMILES string of the molecule is CC(=O)C1=C2CC2ON=C1N1CC1CC1C2C3C(c4ccc(C(F)(F)F)cc4)=NN=NC132. The van der Waals surface area contributed by atoms with Gasteiger partial charge in [0, 0.05) is 30.8 Å². The highest BCUT2D eigenvalue weighted by atomic mass is 19.4. The minimum atomic E-state index is -4.36. The van der Waals surface area contributed by atoms with Crippen LogP contribution in [0.4, 0.5) is 13.2 Å². The predicted molar refractivity (Wildman–Crippen MR) is 106 cm³/mol. The minimum Gasteiger partial charge on any atom is -0.386 e. The van der Waals surface area contributed by atoms with Crippen LogP contribution in [0.5, 0.6) is 0 Å². The van der Waals surface area contributed by atoms with Crippen molar-refractivity contribution < 1.29 is 22.8 Å². The number of oxime groups is 1. The molecule has 3 heterocycles. The van der Waals surface area contributed by atoms with Crippen molar-refractivity contribution in [1.29, 1.82) is 0 Å². The smallest absolute Gasteiger partial charge is 0.386 e. The Morgan fingerprint density at radius 1 is 1.28 bits per heavy atom. The normalized spacial score (nSPS) is 37.5. The first kappa shape index (κ1) is 18.5. The number of halogens is 3. The molecule has 6 unspecified atom stereocenters. The van der Waals surface area contributed by atoms with Gasteiger partial charge < -0.3 is 9.74 Å². The Hall–Kier alpha value is -3.04. The molecule has 0 radical (unpaired) electrons. The van der Waals surface area contributed by atoms with E-state index in [9.17, 15) is 18.0 Å². The van der Waals surface area contributed by atoms with Crippen LogP contribution in [-0.4, -0.2) is 46.5 Å². The quantitative estimate of drug-likeness (QED) is 0.671. The number of hydrogen-bond acceptors (Lipinski definition) is 7. The Balaban J connectivity index is 1.02. The number of hydrogen-bond donors (Lipinski definition) is 0. The maximum Gasteiger partial charge on any atom is 0.416 e. The average Bonchev–Trinajstić information content (AvgIpc) is 3.60. The van der Waals surface area contributed by atoms with Gasteiger partial charge in [0.05, 0.1) is 22.4 Å². The number of fused-ring (bicyclic) bond motifs is 2. The second-order valence-electron chi connectivity index (χ2n) is 9.46. The summed E-state index contributed by atoms with van der Waals surface area (Å²) in [6.07, 6.45) is -2.67. The molecular weight excluding hydrogens is 423 g/mol. The molecule has 10 heteroatoms. The summed E-state index contributed by atoms with van der Waals surface area (Å²) in [5.74, 6) is 1.53. The van der Waals surface area contributed by atoms with Gasteiger partial charge in [-0.2, -0.15) is 18.3 Å². The summed E-state index contributed by atoms with van der Waals surface area (Å²) < 4.78 is 38.5. The summed E-state index contributed by atoms with van der Waals surface area (Å²) in [7, 11) is 0. The number of Topliss-reactive ketones (excluding diaryl/α,β-unsaturated/α-hetero) is 1. The third-order valence-electron chi connectivity index (χ3n) is 7.68. The third kappa shape index (κ3) is 2.40. The minimum absolute atomic E-state index is 0.0164. The van der Waals surface area contributed by atoms with E-state index in [-0.39, 0.29) is 23.3 Å². The van der Waals surface area contributed by atoms with Crippen molar-refractivity contribution in [3.05, 3.63) is 46.5 Å². The van der Waals surface area contributed by atoms with E-state index in [0.717, 1.165) is 48.4 Å². The van der Waals surface area contributed by atoms with E-state index in [1.807, 2.05) is 0 Å². The largest absolute Gasteiger partial charge is 0.416 e. The molecule has 6 atom stereocenters. The molecule has 1 aromatic rings. The predicted octanol–water partition coefficient (Wildman–Crippen LogP) is 3.57. The molecule has 1 aromatic carbocycles. The van der Waals surface area contributed by atoms with Crippen LogP contribution in [-0.2, 0) is 15.8 Å². The molecule has 32 heavy (non-hydrogen) atoms. The molecule has 6 aliphatic rings. The van der Waals surface area contributed by atoms with Crippen LogP contribution in [0.3, 0.4) is 0 Å². The maximum atomic E-state index is 12.8. The first-order valence-electron chi connectivity index (χ1n) is 10.7. The number of nitrogens with zero attached hydrogens (tertiary/aromatic N) is 5. The summed E-state index contributed by atoms with van der Waals surface area (Å²) >= 11 is 0. The Morgan fingerprint density at radius 2 is 2.06 bits per heavy atom. The number of carbonyl (C=O) groups is 1. The van der Waals surface area contributed by atoms with Gasteiger partial charge in [-0.25, -0.2) is 0 Å². The monoisotopic (exact) mass is 441 g/mol. The van der Waals surface area contributed by atoms with Crippen LogP contribution in [0.15, 0.2) is 56.0 Å². The number of amidine groups is 1. The van der Waals surface area contributed by atoms with Crippen molar-refractivity contribution in [2.45, 2.75) is 43.6 Å². The molecule has 7 nitrogen and oxygen atoms in total. The fourth-order valence-corrected chi connectivity index (χ4v) is 5.79. The average molecular weight is 441 g/mol. The highest BCUT2D eigenvalue weighted by Gasteiger charge is 2.90. The van der Waals surface area contributed by atoms with Gasteiger partial charge in [-0.3, -0.25) is 4.79 Å². The van der Waals surface area contributed by atoms with Gasteiger partial charge in [0.25, 0.3) is 0 Å². The van der Waals surface area contributed by atoms with Crippen LogP contribution in [0.2, 0.25) is 0 Å². The van der Waals surface area contributed by atoms with Gasteiger partial charge in [-0.15, -0.1) is 5.10 Å². The number of rotatable bonds is 4. The van der Waals surface area contributed by atoms with Crippen molar-refractivity contribution in [1.82, 2.24) is 4.90 Å². The number of ketones is 1. The standard InChI is InChI=1S/C22H18F3N5O2/c1-9(31)16-13-7-15(13)32-27-20(16)30-8-12(30)6-14-17-18-19(26-29-28-21(14,17)18)10-2-4-11(5-3-10)22(23,24)25/h2-5,12,14-15,17-18H,6-8H2,1H3. The van der Waals surface area contributed by atoms with Crippen molar-refractivity contribution in [3.63, 3.8) is 0 Å². The van der Waals surface area contributed by atoms with E-state index in [1.54, 1.807) is 6.92 Å². The molecular formula is C22H18F3N5O2. The lowest BCUT2D eigenvalue weighted by Crippen LogP contribution is -2.27. The Bertz CT molecular complexity index is 1200. The van der Waals surface area contributed by atoms with Crippen LogP contribution >= 0.6 is 0 Å². The fourth-order valence-electron chi connectivity index (χ4n) is 5.79. The van der Waals surface area contributed by atoms with Crippen molar-refractivity contribution >= 4 is 17.3 Å². The van der Waals surface area contributed by atoms with E-state index >= 15 is 0 Å². The highest BCUT2D eigenvalue weighted by molar-refractivity contribution is 6.22. The topological polar surface area (TPSA) is 78.7 Å². The molecule has 3 saturated carbocycles. The summed E-state index contributed by atoms with van der Waals surface area (Å²) in [5, 5.41) is 16.7. The Morgan fingerprint density at radius 3 is 2.78 bits per heavy atom. The number of alkyl halides is 3. The van der Waals surface area contributed by atoms with Crippen LogP contribution < -0.4 is 0 Å². The second kappa shape index (κ2) is 5.65. The maximum absolute atomic E-state index is 12.8. The third-order valence-corrected chi connectivity index (χ3v) is 7.68. The lowest BCUT2D eigenvalue weighted by atomic mass is 9.90. The molecule has 1 spiro atoms. The van der Waals surface area contributed by atoms with Crippen LogP contribution in [0.1, 0.15) is 30.9 Å². The molecule has 4 fully saturated rings. The van der Waals surface area contributed by atoms with Gasteiger partial charge >= 0.3 is 6.18 Å². The summed E-state index contributed by atoms with van der Waals surface area (Å²) in [5.41, 5.74) is 2.26. The highest BCUT2D eigenvalue weighted by Crippen LogP contribution is 2.82. The fraction of sp³-hybridized carbons (Fsp3) is 0.500. The van der Waals surface area contributed by atoms with Crippen molar-refractivity contribution in [3.8, 4) is 0 Å². The molecule has 0 bridgehead atoms. The van der Waals surface area contributed by atoms with E-state index in [4.69, 9.17) is 4.84 Å². The van der Waals surface area contributed by atoms with Crippen LogP contribution in [0, 0.1) is 17.8 Å². The first-order chi connectivity index (χ1) is 15.3. The molecule has 0 aromatic heterocycles. The van der Waals surface area contributed by atoms with Gasteiger partial charge in [0.15, 0.2) is 17.7 Å². The lowest BCUT2D eigenvalue weighted by molar-refractivity contribution is -0.137. The van der Waals surface area contributed by atoms with Gasteiger partial charge in [0.2, 0.25) is 0 Å². The summed E-state index contributed by atoms with van der Waals surface area (Å²) in [6.45, 7) is 2.40. The second-order valence-corrected chi connectivity index (χ2v) is 9.46. The zero-order valence-corrected chi connectivity index (χ0v) is 17.0. The zero-order chi connectivity index (χ0) is 22.0. The van der Waals surface area contributed by atoms with Gasteiger partial charge in [-0.05, 0) is 47.8 Å². The van der Waals surface area contributed by atoms with Gasteiger partial charge in [-0.1, -0.05) is 17.3 Å². The summed E-state index contributed by atoms with van der Waals surface area (Å²) in [4.78, 5) is 19.6. The van der Waals surface area contributed by atoms with Gasteiger partial charge in [0.1, 0.15) is 0 Å². The summed E-state index contributed by atoms with van der Waals surface area (Å²) in [6, 6.07) is 5.40. The van der Waals surface area contributed by atoms with E-state index in [2.05, 4.69) is 25.5 Å². The number of carbonyl (C=O) groups excluding carboxylic acids is 1. The number of benzene rings is 1. The van der Waals surface area contributed by atoms with E-state index in [1.165, 1.54) is 12.1 Å². The first-order valence-corrected chi connectivity index (χ1v) is 10.7. The van der Waals surface area contributed by atoms with Crippen LogP contribution in [0.25, 0.3) is 0 Å². The molecule has 3 aliphatic carbocycles. The molecule has 7 rings (SSSR count). The van der Waals surface area contributed by atoms with E-state index < -0.39 is 11.7 Å². The lowest BCUT2D eigenvalue weighted by Gasteiger charge is -2.20. The molecule has 3 aliphatic heterocycles. The Labute approximate surface area is 180 Å². The van der Waals surface area contributed by atoms with Crippen molar-refractivity contribution in [2.75, 3.05) is 6.54 Å². The van der Waals surface area contributed by atoms with E-state index in [0.29, 0.717) is 29.3 Å². The molecule has 0 amide bonds. The molecule has 1 saturated heterocycles. The van der Waals surface area contributed by atoms with Crippen molar-refractivity contribution in [2.24, 2.45) is 38.3 Å². The Kier molecular flexibility index (Phi) is 3.27. The molecule has 0 N–H and O–H groups in total. The zero-order valence-electron chi connectivity index (χ0n) is 17.0.